The quantitative estimate of drug-likeness (QED) is 0.694. The standard InChI is InChI=1S/C22H24N4O/c1-15-14-24-26(20-8-4-6-17-5-2-3-7-19(17)20)22(15)25-21(27)13-16-9-11-18(23)12-10-16/h2-3,5,7,9-12,14,20H,4,6,8,13,23H2,1H3,(H,25,27). The van der Waals surface area contributed by atoms with Gasteiger partial charge in [-0.05, 0) is 55.0 Å². The van der Waals surface area contributed by atoms with Crippen LogP contribution < -0.4 is 11.1 Å². The normalized spacial score (nSPS) is 16.0. The van der Waals surface area contributed by atoms with Gasteiger partial charge in [0.25, 0.3) is 0 Å². The van der Waals surface area contributed by atoms with Gasteiger partial charge in [0.2, 0.25) is 5.91 Å². The summed E-state index contributed by atoms with van der Waals surface area (Å²) in [6.45, 7) is 1.98. The minimum Gasteiger partial charge on any atom is -0.399 e. The van der Waals surface area contributed by atoms with E-state index >= 15 is 0 Å². The first-order chi connectivity index (χ1) is 13.1. The van der Waals surface area contributed by atoms with Crippen molar-refractivity contribution in [3.05, 3.63) is 77.0 Å². The SMILES string of the molecule is Cc1cnn(C2CCCc3ccccc32)c1NC(=O)Cc1ccc(N)cc1. The highest BCUT2D eigenvalue weighted by Gasteiger charge is 2.25. The summed E-state index contributed by atoms with van der Waals surface area (Å²) in [5.41, 5.74) is 11.0. The second-order valence-electron chi connectivity index (χ2n) is 7.19. The summed E-state index contributed by atoms with van der Waals surface area (Å²) in [5, 5.41) is 7.68. The van der Waals surface area contributed by atoms with Crippen molar-refractivity contribution in [2.75, 3.05) is 11.1 Å². The molecule has 1 amide bonds. The molecule has 0 spiro atoms. The van der Waals surface area contributed by atoms with Crippen LogP contribution >= 0.6 is 0 Å². The average molecular weight is 360 g/mol. The Bertz CT molecular complexity index is 959. The van der Waals surface area contributed by atoms with Gasteiger partial charge in [-0.15, -0.1) is 0 Å². The number of fused-ring (bicyclic) bond motifs is 1. The highest BCUT2D eigenvalue weighted by atomic mass is 16.1. The zero-order chi connectivity index (χ0) is 18.8. The van der Waals surface area contributed by atoms with Gasteiger partial charge in [0.05, 0.1) is 18.7 Å². The molecule has 0 bridgehead atoms. The van der Waals surface area contributed by atoms with E-state index in [1.807, 2.05) is 42.1 Å². The molecule has 4 rings (SSSR count). The van der Waals surface area contributed by atoms with Crippen molar-refractivity contribution in [2.24, 2.45) is 0 Å². The number of nitrogens with two attached hydrogens (primary N) is 1. The predicted molar refractivity (Wildman–Crippen MR) is 108 cm³/mol. The summed E-state index contributed by atoms with van der Waals surface area (Å²) in [6.07, 6.45) is 5.40. The van der Waals surface area contributed by atoms with Gasteiger partial charge < -0.3 is 11.1 Å². The number of amides is 1. The average Bonchev–Trinajstić information content (AvgIpc) is 3.03. The highest BCUT2D eigenvalue weighted by molar-refractivity contribution is 5.92. The van der Waals surface area contributed by atoms with Crippen molar-refractivity contribution in [1.82, 2.24) is 9.78 Å². The van der Waals surface area contributed by atoms with Crippen LogP contribution in [0.25, 0.3) is 0 Å². The highest BCUT2D eigenvalue weighted by Crippen LogP contribution is 2.35. The summed E-state index contributed by atoms with van der Waals surface area (Å²) in [6, 6.07) is 16.1. The van der Waals surface area contributed by atoms with Gasteiger partial charge in [0.1, 0.15) is 5.82 Å². The molecule has 1 aliphatic carbocycles. The van der Waals surface area contributed by atoms with Crippen LogP contribution in [0.15, 0.2) is 54.7 Å². The molecule has 2 aromatic carbocycles. The number of hydrogen-bond donors (Lipinski definition) is 2. The van der Waals surface area contributed by atoms with Crippen LogP contribution in [-0.2, 0) is 17.6 Å². The number of nitrogens with one attached hydrogen (secondary N) is 1. The number of benzene rings is 2. The molecule has 1 aliphatic rings. The topological polar surface area (TPSA) is 72.9 Å². The van der Waals surface area contributed by atoms with Gasteiger partial charge in [0.15, 0.2) is 0 Å². The van der Waals surface area contributed by atoms with Crippen LogP contribution in [0.4, 0.5) is 11.5 Å². The van der Waals surface area contributed by atoms with E-state index in [1.165, 1.54) is 11.1 Å². The van der Waals surface area contributed by atoms with Crippen molar-refractivity contribution in [3.63, 3.8) is 0 Å². The Labute approximate surface area is 159 Å². The molecule has 3 aromatic rings. The molecule has 0 saturated carbocycles. The van der Waals surface area contributed by atoms with E-state index in [9.17, 15) is 4.79 Å². The molecule has 138 valence electrons. The van der Waals surface area contributed by atoms with E-state index in [0.717, 1.165) is 36.2 Å². The van der Waals surface area contributed by atoms with Gasteiger partial charge in [-0.25, -0.2) is 4.68 Å². The molecule has 0 aliphatic heterocycles. The number of aromatic nitrogens is 2. The molecule has 27 heavy (non-hydrogen) atoms. The van der Waals surface area contributed by atoms with Crippen LogP contribution in [-0.4, -0.2) is 15.7 Å². The molecular weight excluding hydrogens is 336 g/mol. The lowest BCUT2D eigenvalue weighted by molar-refractivity contribution is -0.115. The van der Waals surface area contributed by atoms with E-state index in [0.29, 0.717) is 12.1 Å². The number of nitrogen functional groups attached to an aromatic ring is 1. The number of nitrogens with zero attached hydrogens (tertiary/aromatic N) is 2. The minimum atomic E-state index is -0.0475. The lowest BCUT2D eigenvalue weighted by atomic mass is 9.88. The molecule has 0 fully saturated rings. The minimum absolute atomic E-state index is 0.0475. The number of carbonyl (C=O) groups is 1. The van der Waals surface area contributed by atoms with Crippen molar-refractivity contribution in [3.8, 4) is 0 Å². The number of carbonyl (C=O) groups excluding carboxylic acids is 1. The molecule has 0 saturated heterocycles. The van der Waals surface area contributed by atoms with E-state index in [1.54, 1.807) is 0 Å². The molecule has 5 heteroatoms. The van der Waals surface area contributed by atoms with Crippen molar-refractivity contribution in [1.29, 1.82) is 0 Å². The number of hydrogen-bond acceptors (Lipinski definition) is 3. The molecule has 0 radical (unpaired) electrons. The van der Waals surface area contributed by atoms with E-state index in [4.69, 9.17) is 5.73 Å². The van der Waals surface area contributed by atoms with E-state index in [2.05, 4.69) is 34.7 Å². The third-order valence-corrected chi connectivity index (χ3v) is 5.21. The third kappa shape index (κ3) is 3.58. The van der Waals surface area contributed by atoms with Gasteiger partial charge in [-0.2, -0.15) is 5.10 Å². The van der Waals surface area contributed by atoms with E-state index in [-0.39, 0.29) is 11.9 Å². The monoisotopic (exact) mass is 360 g/mol. The summed E-state index contributed by atoms with van der Waals surface area (Å²) in [5.74, 6) is 0.742. The molecule has 1 unspecified atom stereocenters. The number of rotatable bonds is 4. The van der Waals surface area contributed by atoms with E-state index < -0.39 is 0 Å². The summed E-state index contributed by atoms with van der Waals surface area (Å²) in [4.78, 5) is 12.6. The second kappa shape index (κ2) is 7.27. The Morgan fingerprint density at radius 3 is 2.81 bits per heavy atom. The lowest BCUT2D eigenvalue weighted by Crippen LogP contribution is -2.23. The number of anilines is 2. The third-order valence-electron chi connectivity index (χ3n) is 5.21. The second-order valence-corrected chi connectivity index (χ2v) is 7.19. The zero-order valence-electron chi connectivity index (χ0n) is 15.5. The van der Waals surface area contributed by atoms with Crippen LogP contribution in [0.1, 0.15) is 41.1 Å². The van der Waals surface area contributed by atoms with Crippen LogP contribution in [0.3, 0.4) is 0 Å². The van der Waals surface area contributed by atoms with Gasteiger partial charge >= 0.3 is 0 Å². The van der Waals surface area contributed by atoms with Crippen molar-refractivity contribution >= 4 is 17.4 Å². The predicted octanol–water partition coefficient (Wildman–Crippen LogP) is 3.88. The van der Waals surface area contributed by atoms with Gasteiger partial charge in [-0.1, -0.05) is 36.4 Å². The van der Waals surface area contributed by atoms with Gasteiger partial charge in [0, 0.05) is 11.3 Å². The number of aryl methyl sites for hydroxylation is 2. The summed E-state index contributed by atoms with van der Waals surface area (Å²) < 4.78 is 1.98. The van der Waals surface area contributed by atoms with Crippen LogP contribution in [0, 0.1) is 6.92 Å². The first kappa shape index (κ1) is 17.3. The van der Waals surface area contributed by atoms with Crippen LogP contribution in [0.2, 0.25) is 0 Å². The maximum absolute atomic E-state index is 12.6. The summed E-state index contributed by atoms with van der Waals surface area (Å²) >= 11 is 0. The first-order valence-corrected chi connectivity index (χ1v) is 9.38. The Kier molecular flexibility index (Phi) is 4.67. The van der Waals surface area contributed by atoms with Crippen molar-refractivity contribution < 1.29 is 4.79 Å². The molecule has 1 heterocycles. The fraction of sp³-hybridized carbons (Fsp3) is 0.273. The van der Waals surface area contributed by atoms with Crippen molar-refractivity contribution in [2.45, 2.75) is 38.6 Å². The maximum atomic E-state index is 12.6. The van der Waals surface area contributed by atoms with Crippen LogP contribution in [0.5, 0.6) is 0 Å². The molecular formula is C22H24N4O. The Morgan fingerprint density at radius 2 is 2.00 bits per heavy atom. The fourth-order valence-corrected chi connectivity index (χ4v) is 3.82. The largest absolute Gasteiger partial charge is 0.399 e. The molecule has 3 N–H and O–H groups in total. The summed E-state index contributed by atoms with van der Waals surface area (Å²) in [7, 11) is 0. The molecule has 5 nitrogen and oxygen atoms in total. The first-order valence-electron chi connectivity index (χ1n) is 9.38. The lowest BCUT2D eigenvalue weighted by Gasteiger charge is -2.27. The maximum Gasteiger partial charge on any atom is 0.229 e. The molecule has 1 atom stereocenters. The smallest absolute Gasteiger partial charge is 0.229 e. The Morgan fingerprint density at radius 1 is 1.22 bits per heavy atom. The Balaban J connectivity index is 1.57. The Hall–Kier alpha value is -3.08. The molecule has 1 aromatic heterocycles. The zero-order valence-corrected chi connectivity index (χ0v) is 15.5. The fourth-order valence-electron chi connectivity index (χ4n) is 3.82. The van der Waals surface area contributed by atoms with Gasteiger partial charge in [-0.3, -0.25) is 4.79 Å².